The molecule has 1 rings (SSSR count). The molecule has 0 N–H and O–H groups in total. The van der Waals surface area contributed by atoms with Gasteiger partial charge in [-0.2, -0.15) is 40.5 Å². The summed E-state index contributed by atoms with van der Waals surface area (Å²) in [6, 6.07) is 0. The maximum atomic E-state index is 12.7. The molecule has 0 aliphatic rings. The summed E-state index contributed by atoms with van der Waals surface area (Å²) in [5.41, 5.74) is 0. The molecule has 1 aromatic heterocycles. The molecule has 0 aliphatic heterocycles. The summed E-state index contributed by atoms with van der Waals surface area (Å²) < 4.78 is 85.0. The summed E-state index contributed by atoms with van der Waals surface area (Å²) in [7, 11) is 0. The quantitative estimate of drug-likeness (QED) is 0.765. The van der Waals surface area contributed by atoms with Crippen molar-refractivity contribution in [1.29, 1.82) is 0 Å². The van der Waals surface area contributed by atoms with Gasteiger partial charge in [-0.25, -0.2) is 4.98 Å². The Morgan fingerprint density at radius 3 is 1.94 bits per heavy atom. The second kappa shape index (κ2) is 3.67. The zero-order valence-corrected chi connectivity index (χ0v) is 7.55. The number of hydrogen-bond donors (Lipinski definition) is 0. The molecule has 0 spiro atoms. The fourth-order valence-electron chi connectivity index (χ4n) is 0.769. The number of rotatable bonds is 2. The summed E-state index contributed by atoms with van der Waals surface area (Å²) in [4.78, 5) is 13.7. The van der Waals surface area contributed by atoms with Crippen LogP contribution in [0.25, 0.3) is 0 Å². The Kier molecular flexibility index (Phi) is 2.89. The van der Waals surface area contributed by atoms with Gasteiger partial charge in [0.1, 0.15) is 12.7 Å². The molecular weight excluding hydrogens is 263 g/mol. The second-order valence-corrected chi connectivity index (χ2v) is 2.79. The van der Waals surface area contributed by atoms with Crippen molar-refractivity contribution in [2.45, 2.75) is 18.0 Å². The molecule has 0 fully saturated rings. The third-order valence-corrected chi connectivity index (χ3v) is 1.65. The minimum atomic E-state index is -6.56. The Bertz CT molecular complexity index is 410. The van der Waals surface area contributed by atoms with Crippen LogP contribution in [0.15, 0.2) is 12.7 Å². The van der Waals surface area contributed by atoms with E-state index in [-0.39, 0.29) is 6.33 Å². The van der Waals surface area contributed by atoms with Gasteiger partial charge in [0.05, 0.1) is 0 Å². The average Bonchev–Trinajstić information content (AvgIpc) is 2.66. The number of carbonyl (C=O) groups is 1. The third kappa shape index (κ3) is 1.96. The van der Waals surface area contributed by atoms with E-state index in [0.29, 0.717) is 6.33 Å². The molecule has 0 aromatic carbocycles. The van der Waals surface area contributed by atoms with Crippen LogP contribution >= 0.6 is 0 Å². The predicted molar refractivity (Wildman–Crippen MR) is 36.6 cm³/mol. The van der Waals surface area contributed by atoms with Gasteiger partial charge >= 0.3 is 23.9 Å². The second-order valence-electron chi connectivity index (χ2n) is 2.79. The number of hydrogen-bond acceptors (Lipinski definition) is 3. The highest BCUT2D eigenvalue weighted by molar-refractivity contribution is 5.86. The molecule has 0 amide bonds. The zero-order chi connectivity index (χ0) is 13.5. The summed E-state index contributed by atoms with van der Waals surface area (Å²) in [5, 5.41) is 2.75. The summed E-state index contributed by atoms with van der Waals surface area (Å²) >= 11 is 0. The Morgan fingerprint density at radius 2 is 1.59 bits per heavy atom. The maximum Gasteiger partial charge on any atom is 0.460 e. The first-order valence-electron chi connectivity index (χ1n) is 3.73. The summed E-state index contributed by atoms with van der Waals surface area (Å²) in [5.74, 6) is -15.3. The van der Waals surface area contributed by atoms with Crippen LogP contribution in [0.3, 0.4) is 0 Å². The Hall–Kier alpha value is -1.68. The Morgan fingerprint density at radius 1 is 1.06 bits per heavy atom. The molecule has 0 saturated carbocycles. The number of halogens is 7. The standard InChI is InChI=1S/C6H2F7N3O/c7-4(8,5(9,10)6(11,12)13)3(17)16-2-14-1-15-16/h1-2H. The fourth-order valence-corrected chi connectivity index (χ4v) is 0.769. The van der Waals surface area contributed by atoms with Crippen molar-refractivity contribution in [3.05, 3.63) is 12.7 Å². The molecule has 96 valence electrons. The van der Waals surface area contributed by atoms with Gasteiger partial charge in [-0.15, -0.1) is 0 Å². The minimum Gasteiger partial charge on any atom is -0.265 e. The molecule has 17 heavy (non-hydrogen) atoms. The summed E-state index contributed by atoms with van der Waals surface area (Å²) in [6.07, 6.45) is -5.75. The first-order valence-corrected chi connectivity index (χ1v) is 3.73. The van der Waals surface area contributed by atoms with Crippen LogP contribution in [-0.4, -0.2) is 38.7 Å². The fraction of sp³-hybridized carbons (Fsp3) is 0.500. The van der Waals surface area contributed by atoms with Crippen molar-refractivity contribution in [3.63, 3.8) is 0 Å². The van der Waals surface area contributed by atoms with Gasteiger partial charge in [-0.05, 0) is 0 Å². The van der Waals surface area contributed by atoms with Crippen molar-refractivity contribution < 1.29 is 35.5 Å². The largest absolute Gasteiger partial charge is 0.460 e. The van der Waals surface area contributed by atoms with Gasteiger partial charge < -0.3 is 0 Å². The van der Waals surface area contributed by atoms with Crippen molar-refractivity contribution in [2.24, 2.45) is 0 Å². The Balaban J connectivity index is 3.16. The smallest absolute Gasteiger partial charge is 0.265 e. The van der Waals surface area contributed by atoms with E-state index < -0.39 is 28.6 Å². The molecule has 0 saturated heterocycles. The number of aromatic nitrogens is 3. The van der Waals surface area contributed by atoms with Crippen LogP contribution in [0, 0.1) is 0 Å². The minimum absolute atomic E-state index is 0.280. The van der Waals surface area contributed by atoms with E-state index in [9.17, 15) is 35.5 Å². The average molecular weight is 265 g/mol. The molecular formula is C6H2F7N3O. The summed E-state index contributed by atoms with van der Waals surface area (Å²) in [6.45, 7) is 0. The molecule has 11 heteroatoms. The first-order chi connectivity index (χ1) is 7.52. The molecule has 4 nitrogen and oxygen atoms in total. The van der Waals surface area contributed by atoms with Crippen LogP contribution in [0.1, 0.15) is 4.79 Å². The maximum absolute atomic E-state index is 12.7. The highest BCUT2D eigenvalue weighted by Crippen LogP contribution is 2.46. The normalized spacial score (nSPS) is 13.8. The number of alkyl halides is 7. The van der Waals surface area contributed by atoms with Gasteiger partial charge in [-0.3, -0.25) is 4.79 Å². The lowest BCUT2D eigenvalue weighted by Gasteiger charge is -2.26. The van der Waals surface area contributed by atoms with E-state index >= 15 is 0 Å². The van der Waals surface area contributed by atoms with Gasteiger partial charge in [-0.1, -0.05) is 0 Å². The van der Waals surface area contributed by atoms with Crippen LogP contribution in [0.4, 0.5) is 30.7 Å². The molecule has 1 aromatic rings. The molecule has 1 heterocycles. The lowest BCUT2D eigenvalue weighted by molar-refractivity contribution is -0.340. The molecule has 0 bridgehead atoms. The van der Waals surface area contributed by atoms with Gasteiger partial charge in [0.2, 0.25) is 0 Å². The van der Waals surface area contributed by atoms with Crippen LogP contribution in [0.5, 0.6) is 0 Å². The lowest BCUT2D eigenvalue weighted by atomic mass is 10.1. The van der Waals surface area contributed by atoms with Crippen molar-refractivity contribution >= 4 is 5.91 Å². The van der Waals surface area contributed by atoms with Crippen molar-refractivity contribution in [2.75, 3.05) is 0 Å². The van der Waals surface area contributed by atoms with Crippen LogP contribution in [0.2, 0.25) is 0 Å². The predicted octanol–water partition coefficient (Wildman–Crippen LogP) is 1.75. The van der Waals surface area contributed by atoms with Gasteiger partial charge in [0.25, 0.3) is 0 Å². The van der Waals surface area contributed by atoms with Crippen molar-refractivity contribution in [3.8, 4) is 0 Å². The van der Waals surface area contributed by atoms with E-state index in [1.807, 2.05) is 0 Å². The highest BCUT2D eigenvalue weighted by atomic mass is 19.4. The van der Waals surface area contributed by atoms with Crippen LogP contribution in [-0.2, 0) is 0 Å². The van der Waals surface area contributed by atoms with E-state index in [1.54, 1.807) is 0 Å². The monoisotopic (exact) mass is 265 g/mol. The van der Waals surface area contributed by atoms with Gasteiger partial charge in [0, 0.05) is 0 Å². The Labute approximate surface area is 88.0 Å². The third-order valence-electron chi connectivity index (χ3n) is 1.65. The van der Waals surface area contributed by atoms with E-state index in [1.165, 1.54) is 0 Å². The zero-order valence-electron chi connectivity index (χ0n) is 7.55. The van der Waals surface area contributed by atoms with Gasteiger partial charge in [0.15, 0.2) is 0 Å². The SMILES string of the molecule is O=C(n1cncn1)C(F)(F)C(F)(F)C(F)(F)F. The van der Waals surface area contributed by atoms with Crippen molar-refractivity contribution in [1.82, 2.24) is 14.8 Å². The number of carbonyl (C=O) groups excluding carboxylic acids is 1. The van der Waals surface area contributed by atoms with Crippen LogP contribution < -0.4 is 0 Å². The first kappa shape index (κ1) is 13.4. The van der Waals surface area contributed by atoms with E-state index in [4.69, 9.17) is 0 Å². The molecule has 0 atom stereocenters. The lowest BCUT2D eigenvalue weighted by Crippen LogP contribution is -2.57. The highest BCUT2D eigenvalue weighted by Gasteiger charge is 2.76. The van der Waals surface area contributed by atoms with E-state index in [2.05, 4.69) is 10.1 Å². The van der Waals surface area contributed by atoms with E-state index in [0.717, 1.165) is 0 Å². The molecule has 0 aliphatic carbocycles. The molecule has 0 unspecified atom stereocenters. The topological polar surface area (TPSA) is 47.8 Å². The molecule has 0 radical (unpaired) electrons. The number of nitrogens with zero attached hydrogens (tertiary/aromatic N) is 3.